The van der Waals surface area contributed by atoms with Crippen molar-refractivity contribution in [3.05, 3.63) is 56.4 Å². The Morgan fingerprint density at radius 1 is 1.20 bits per heavy atom. The molecule has 158 valence electrons. The fourth-order valence-electron chi connectivity index (χ4n) is 4.34. The average molecular weight is 426 g/mol. The molecule has 0 atom stereocenters. The first-order chi connectivity index (χ1) is 14.4. The minimum atomic E-state index is 0.0538. The number of para-hydroxylation sites is 1. The third-order valence-corrected chi connectivity index (χ3v) is 7.23. The Labute approximate surface area is 180 Å². The number of thiophene rings is 1. The van der Waals surface area contributed by atoms with Crippen LogP contribution in [-0.4, -0.2) is 40.6 Å². The second kappa shape index (κ2) is 8.22. The fourth-order valence-corrected chi connectivity index (χ4v) is 5.40. The molecular weight excluding hydrogens is 398 g/mol. The van der Waals surface area contributed by atoms with Gasteiger partial charge < -0.3 is 9.64 Å². The second-order valence-electron chi connectivity index (χ2n) is 7.90. The lowest BCUT2D eigenvalue weighted by Crippen LogP contribution is -2.42. The number of fused-ring (bicyclic) bond motifs is 1. The molecule has 1 aromatic carbocycles. The molecule has 0 unspecified atom stereocenters. The zero-order valence-electron chi connectivity index (χ0n) is 17.9. The maximum absolute atomic E-state index is 13.2. The molecule has 4 rings (SSSR count). The van der Waals surface area contributed by atoms with Crippen LogP contribution in [0.3, 0.4) is 0 Å². The van der Waals surface area contributed by atoms with E-state index in [0.29, 0.717) is 19.5 Å². The van der Waals surface area contributed by atoms with Crippen molar-refractivity contribution in [2.75, 3.05) is 20.2 Å². The number of hydrogen-bond acceptors (Lipinski definition) is 5. The number of ether oxygens (including phenoxy) is 1. The van der Waals surface area contributed by atoms with E-state index in [1.807, 2.05) is 54.5 Å². The summed E-state index contributed by atoms with van der Waals surface area (Å²) in [7, 11) is 1.62. The van der Waals surface area contributed by atoms with Crippen molar-refractivity contribution < 1.29 is 9.53 Å². The van der Waals surface area contributed by atoms with Gasteiger partial charge in [-0.3, -0.25) is 14.2 Å². The Kier molecular flexibility index (Phi) is 5.64. The first kappa shape index (κ1) is 20.6. The first-order valence-corrected chi connectivity index (χ1v) is 11.1. The van der Waals surface area contributed by atoms with E-state index in [4.69, 9.17) is 9.72 Å². The van der Waals surface area contributed by atoms with Gasteiger partial charge in [-0.25, -0.2) is 4.98 Å². The molecule has 3 heterocycles. The standard InChI is InChI=1S/C23H27N3O3S/c1-14-15(2)30-22-21(14)23(28)26(16(3)24-22)18-9-11-25(12-10-18)20(27)13-17-7-5-6-8-19(17)29-4/h5-8,18H,9-13H2,1-4H3. The summed E-state index contributed by atoms with van der Waals surface area (Å²) in [5.41, 5.74) is 1.99. The number of benzene rings is 1. The van der Waals surface area contributed by atoms with Gasteiger partial charge in [-0.2, -0.15) is 0 Å². The number of nitrogens with zero attached hydrogens (tertiary/aromatic N) is 3. The number of amides is 1. The van der Waals surface area contributed by atoms with Gasteiger partial charge in [-0.15, -0.1) is 11.3 Å². The van der Waals surface area contributed by atoms with Gasteiger partial charge >= 0.3 is 0 Å². The van der Waals surface area contributed by atoms with Crippen molar-refractivity contribution in [2.45, 2.75) is 46.1 Å². The molecule has 1 amide bonds. The zero-order chi connectivity index (χ0) is 21.4. The molecule has 1 fully saturated rings. The molecular formula is C23H27N3O3S. The van der Waals surface area contributed by atoms with Crippen LogP contribution in [0.25, 0.3) is 10.2 Å². The molecule has 1 aliphatic heterocycles. The summed E-state index contributed by atoms with van der Waals surface area (Å²) in [5.74, 6) is 1.59. The predicted molar refractivity (Wildman–Crippen MR) is 120 cm³/mol. The van der Waals surface area contributed by atoms with Gasteiger partial charge in [-0.05, 0) is 45.2 Å². The molecule has 1 saturated heterocycles. The molecule has 2 aromatic heterocycles. The van der Waals surface area contributed by atoms with Crippen LogP contribution >= 0.6 is 11.3 Å². The smallest absolute Gasteiger partial charge is 0.262 e. The summed E-state index contributed by atoms with van der Waals surface area (Å²) < 4.78 is 7.22. The number of aromatic nitrogens is 2. The quantitative estimate of drug-likeness (QED) is 0.638. The van der Waals surface area contributed by atoms with Gasteiger partial charge in [-0.1, -0.05) is 18.2 Å². The highest BCUT2D eigenvalue weighted by atomic mass is 32.1. The van der Waals surface area contributed by atoms with Crippen molar-refractivity contribution in [1.82, 2.24) is 14.5 Å². The van der Waals surface area contributed by atoms with Crippen molar-refractivity contribution in [1.29, 1.82) is 0 Å². The fraction of sp³-hybridized carbons (Fsp3) is 0.435. The first-order valence-electron chi connectivity index (χ1n) is 10.3. The van der Waals surface area contributed by atoms with E-state index in [2.05, 4.69) is 0 Å². The molecule has 6 nitrogen and oxygen atoms in total. The number of rotatable bonds is 4. The number of hydrogen-bond donors (Lipinski definition) is 0. The lowest BCUT2D eigenvalue weighted by atomic mass is 10.0. The van der Waals surface area contributed by atoms with Crippen molar-refractivity contribution >= 4 is 27.5 Å². The lowest BCUT2D eigenvalue weighted by molar-refractivity contribution is -0.131. The number of piperidine rings is 1. The highest BCUT2D eigenvalue weighted by Crippen LogP contribution is 2.29. The molecule has 7 heteroatoms. The molecule has 0 N–H and O–H groups in total. The third kappa shape index (κ3) is 3.62. The molecule has 0 spiro atoms. The highest BCUT2D eigenvalue weighted by Gasteiger charge is 2.27. The normalized spacial score (nSPS) is 15.0. The lowest BCUT2D eigenvalue weighted by Gasteiger charge is -2.33. The van der Waals surface area contributed by atoms with Crippen LogP contribution in [0.15, 0.2) is 29.1 Å². The average Bonchev–Trinajstić information content (AvgIpc) is 3.02. The van der Waals surface area contributed by atoms with E-state index in [1.165, 1.54) is 0 Å². The molecule has 3 aromatic rings. The molecule has 0 bridgehead atoms. The topological polar surface area (TPSA) is 64.4 Å². The van der Waals surface area contributed by atoms with E-state index in [1.54, 1.807) is 18.4 Å². The maximum Gasteiger partial charge on any atom is 0.262 e. The maximum atomic E-state index is 13.2. The Morgan fingerprint density at radius 2 is 1.90 bits per heavy atom. The summed E-state index contributed by atoms with van der Waals surface area (Å²) in [6, 6.07) is 7.70. The van der Waals surface area contributed by atoms with Gasteiger partial charge in [0.1, 0.15) is 16.4 Å². The molecule has 30 heavy (non-hydrogen) atoms. The number of carbonyl (C=O) groups excluding carboxylic acids is 1. The SMILES string of the molecule is COc1ccccc1CC(=O)N1CCC(n2c(C)nc3sc(C)c(C)c3c2=O)CC1. The zero-order valence-corrected chi connectivity index (χ0v) is 18.7. The third-order valence-electron chi connectivity index (χ3n) is 6.13. The van der Waals surface area contributed by atoms with Gasteiger partial charge in [0.25, 0.3) is 5.56 Å². The highest BCUT2D eigenvalue weighted by molar-refractivity contribution is 7.18. The van der Waals surface area contributed by atoms with E-state index in [0.717, 1.165) is 50.6 Å². The van der Waals surface area contributed by atoms with E-state index < -0.39 is 0 Å². The Bertz CT molecular complexity index is 1160. The summed E-state index contributed by atoms with van der Waals surface area (Å²) >= 11 is 1.58. The van der Waals surface area contributed by atoms with Crippen LogP contribution in [0, 0.1) is 20.8 Å². The van der Waals surface area contributed by atoms with Crippen molar-refractivity contribution in [3.63, 3.8) is 0 Å². The van der Waals surface area contributed by atoms with Gasteiger partial charge in [0, 0.05) is 29.6 Å². The van der Waals surface area contributed by atoms with Crippen LogP contribution in [0.5, 0.6) is 5.75 Å². The summed E-state index contributed by atoms with van der Waals surface area (Å²) in [6.07, 6.45) is 1.84. The number of methoxy groups -OCH3 is 1. The van der Waals surface area contributed by atoms with E-state index in [9.17, 15) is 9.59 Å². The monoisotopic (exact) mass is 425 g/mol. The number of aryl methyl sites for hydroxylation is 3. The number of carbonyl (C=O) groups is 1. The van der Waals surface area contributed by atoms with E-state index in [-0.39, 0.29) is 17.5 Å². The van der Waals surface area contributed by atoms with Gasteiger partial charge in [0.2, 0.25) is 5.91 Å². The molecule has 0 radical (unpaired) electrons. The van der Waals surface area contributed by atoms with Gasteiger partial charge in [0.05, 0.1) is 18.9 Å². The Morgan fingerprint density at radius 3 is 2.60 bits per heavy atom. The summed E-state index contributed by atoms with van der Waals surface area (Å²) in [6.45, 7) is 7.22. The van der Waals surface area contributed by atoms with Crippen LogP contribution in [0.4, 0.5) is 0 Å². The minimum Gasteiger partial charge on any atom is -0.496 e. The molecule has 1 aliphatic rings. The Balaban J connectivity index is 1.50. The number of likely N-dealkylation sites (tertiary alicyclic amines) is 1. The molecule has 0 aliphatic carbocycles. The van der Waals surface area contributed by atoms with E-state index >= 15 is 0 Å². The van der Waals surface area contributed by atoms with Crippen LogP contribution in [0.2, 0.25) is 0 Å². The van der Waals surface area contributed by atoms with Gasteiger partial charge in [0.15, 0.2) is 0 Å². The molecule has 0 saturated carbocycles. The second-order valence-corrected chi connectivity index (χ2v) is 9.10. The van der Waals surface area contributed by atoms with Crippen molar-refractivity contribution in [3.8, 4) is 5.75 Å². The van der Waals surface area contributed by atoms with Crippen LogP contribution in [-0.2, 0) is 11.2 Å². The minimum absolute atomic E-state index is 0.0538. The summed E-state index contributed by atoms with van der Waals surface area (Å²) in [4.78, 5) is 34.6. The Hall–Kier alpha value is -2.67. The largest absolute Gasteiger partial charge is 0.496 e. The summed E-state index contributed by atoms with van der Waals surface area (Å²) in [5, 5.41) is 0.748. The van der Waals surface area contributed by atoms with Crippen molar-refractivity contribution in [2.24, 2.45) is 0 Å². The van der Waals surface area contributed by atoms with Crippen LogP contribution < -0.4 is 10.3 Å². The van der Waals surface area contributed by atoms with Crippen LogP contribution in [0.1, 0.15) is 40.7 Å². The predicted octanol–water partition coefficient (Wildman–Crippen LogP) is 3.80.